The van der Waals surface area contributed by atoms with Crippen LogP contribution in [0.25, 0.3) is 6.08 Å². The number of nitrogens with one attached hydrogen (secondary N) is 1. The topological polar surface area (TPSA) is 75.7 Å². The molecule has 2 amide bonds. The van der Waals surface area contributed by atoms with Crippen molar-refractivity contribution in [2.75, 3.05) is 18.5 Å². The van der Waals surface area contributed by atoms with E-state index in [1.807, 2.05) is 43.3 Å². The molecule has 2 aromatic carbocycles. The molecule has 6 nitrogen and oxygen atoms in total. The smallest absolute Gasteiger partial charge is 0.338 e. The lowest BCUT2D eigenvalue weighted by atomic mass is 10.1. The molecule has 35 heavy (non-hydrogen) atoms. The average molecular weight is 511 g/mol. The first kappa shape index (κ1) is 26.6. The third kappa shape index (κ3) is 8.33. The molecule has 0 radical (unpaired) electrons. The number of thiocarbonyl (C=S) groups is 1. The summed E-state index contributed by atoms with van der Waals surface area (Å²) in [4.78, 5) is 39.2. The number of amides is 2. The predicted molar refractivity (Wildman–Crippen MR) is 145 cm³/mol. The number of ether oxygens (including phenoxy) is 1. The molecule has 8 heteroatoms. The molecular formula is C27H30N2O4S2. The number of anilines is 1. The Morgan fingerprint density at radius 1 is 1.03 bits per heavy atom. The van der Waals surface area contributed by atoms with Crippen LogP contribution >= 0.6 is 24.0 Å². The largest absolute Gasteiger partial charge is 0.462 e. The van der Waals surface area contributed by atoms with Gasteiger partial charge in [-0.25, -0.2) is 4.79 Å². The Morgan fingerprint density at radius 2 is 1.77 bits per heavy atom. The first-order valence-electron chi connectivity index (χ1n) is 11.9. The SMILES string of the molecule is CCCCOC(=O)c1ccc(NC(=O)CCCCCN2C(=O)C(=Cc3ccccc3)SC2=S)cc1. The van der Waals surface area contributed by atoms with Crippen molar-refractivity contribution in [2.45, 2.75) is 45.4 Å². The van der Waals surface area contributed by atoms with Crippen LogP contribution in [0.3, 0.4) is 0 Å². The monoisotopic (exact) mass is 510 g/mol. The van der Waals surface area contributed by atoms with Gasteiger partial charge in [0.15, 0.2) is 0 Å². The third-order valence-corrected chi connectivity index (χ3v) is 6.77. The fraction of sp³-hybridized carbons (Fsp3) is 0.333. The van der Waals surface area contributed by atoms with Crippen LogP contribution in [0.15, 0.2) is 59.5 Å². The summed E-state index contributed by atoms with van der Waals surface area (Å²) in [7, 11) is 0. The maximum Gasteiger partial charge on any atom is 0.338 e. The summed E-state index contributed by atoms with van der Waals surface area (Å²) in [5.41, 5.74) is 2.08. The van der Waals surface area contributed by atoms with E-state index in [0.717, 1.165) is 31.2 Å². The number of unbranched alkanes of at least 4 members (excludes halogenated alkanes) is 3. The van der Waals surface area contributed by atoms with Crippen LogP contribution in [0.1, 0.15) is 61.4 Å². The molecule has 3 rings (SSSR count). The van der Waals surface area contributed by atoms with Crippen molar-refractivity contribution in [1.29, 1.82) is 0 Å². The number of carbonyl (C=O) groups excluding carboxylic acids is 3. The van der Waals surface area contributed by atoms with Gasteiger partial charge in [0, 0.05) is 18.7 Å². The Kier molecular flexibility index (Phi) is 10.5. The highest BCUT2D eigenvalue weighted by Gasteiger charge is 2.31. The standard InChI is InChI=1S/C27H30N2O4S2/c1-2-3-18-33-26(32)21-13-15-22(16-14-21)28-24(30)12-8-5-9-17-29-25(31)23(35-27(29)34)19-20-10-6-4-7-11-20/h4,6-7,10-11,13-16,19H,2-3,5,8-9,12,17-18H2,1H3,(H,28,30). The molecule has 184 valence electrons. The number of hydrogen-bond acceptors (Lipinski definition) is 6. The van der Waals surface area contributed by atoms with Crippen LogP contribution in [0, 0.1) is 0 Å². The normalized spacial score (nSPS) is 14.4. The third-order valence-electron chi connectivity index (χ3n) is 5.39. The second-order valence-electron chi connectivity index (χ2n) is 8.17. The first-order chi connectivity index (χ1) is 17.0. The van der Waals surface area contributed by atoms with Crippen molar-refractivity contribution in [3.8, 4) is 0 Å². The molecule has 1 heterocycles. The molecule has 1 aliphatic heterocycles. The van der Waals surface area contributed by atoms with Crippen molar-refractivity contribution in [3.05, 3.63) is 70.6 Å². The molecular weight excluding hydrogens is 480 g/mol. The maximum atomic E-state index is 12.7. The van der Waals surface area contributed by atoms with Gasteiger partial charge in [-0.1, -0.05) is 74.1 Å². The molecule has 0 aromatic heterocycles. The summed E-state index contributed by atoms with van der Waals surface area (Å²) in [6, 6.07) is 16.4. The zero-order chi connectivity index (χ0) is 25.0. The zero-order valence-corrected chi connectivity index (χ0v) is 21.5. The van der Waals surface area contributed by atoms with Gasteiger partial charge in [-0.15, -0.1) is 0 Å². The molecule has 1 aliphatic rings. The molecule has 1 N–H and O–H groups in total. The van der Waals surface area contributed by atoms with Gasteiger partial charge in [0.2, 0.25) is 5.91 Å². The van der Waals surface area contributed by atoms with Crippen LogP contribution in [0.5, 0.6) is 0 Å². The van der Waals surface area contributed by atoms with Crippen LogP contribution in [-0.4, -0.2) is 40.2 Å². The number of benzene rings is 2. The van der Waals surface area contributed by atoms with E-state index in [4.69, 9.17) is 17.0 Å². The minimum Gasteiger partial charge on any atom is -0.462 e. The zero-order valence-electron chi connectivity index (χ0n) is 19.8. The fourth-order valence-corrected chi connectivity index (χ4v) is 4.74. The van der Waals surface area contributed by atoms with Crippen LogP contribution in [-0.2, 0) is 14.3 Å². The van der Waals surface area contributed by atoms with Crippen molar-refractivity contribution < 1.29 is 19.1 Å². The lowest BCUT2D eigenvalue weighted by Crippen LogP contribution is -2.29. The lowest BCUT2D eigenvalue weighted by Gasteiger charge is -2.14. The minimum atomic E-state index is -0.353. The van der Waals surface area contributed by atoms with Gasteiger partial charge < -0.3 is 10.1 Å². The molecule has 2 aromatic rings. The van der Waals surface area contributed by atoms with Crippen LogP contribution in [0.4, 0.5) is 5.69 Å². The molecule has 0 bridgehead atoms. The highest BCUT2D eigenvalue weighted by Crippen LogP contribution is 2.32. The maximum absolute atomic E-state index is 12.7. The Labute approximate surface area is 216 Å². The average Bonchev–Trinajstić information content (AvgIpc) is 3.12. The molecule has 0 spiro atoms. The van der Waals surface area contributed by atoms with Crippen molar-refractivity contribution in [2.24, 2.45) is 0 Å². The van der Waals surface area contributed by atoms with E-state index >= 15 is 0 Å². The van der Waals surface area contributed by atoms with Gasteiger partial charge in [0.1, 0.15) is 4.32 Å². The highest BCUT2D eigenvalue weighted by atomic mass is 32.2. The number of nitrogens with zero attached hydrogens (tertiary/aromatic N) is 1. The van der Waals surface area contributed by atoms with Crippen LogP contribution in [0.2, 0.25) is 0 Å². The van der Waals surface area contributed by atoms with Gasteiger partial charge in [0.05, 0.1) is 17.1 Å². The predicted octanol–water partition coefficient (Wildman–Crippen LogP) is 6.04. The Morgan fingerprint density at radius 3 is 2.49 bits per heavy atom. The van der Waals surface area contributed by atoms with E-state index in [1.54, 1.807) is 29.2 Å². The number of esters is 1. The van der Waals surface area contributed by atoms with Crippen LogP contribution < -0.4 is 5.32 Å². The van der Waals surface area contributed by atoms with E-state index in [0.29, 0.717) is 46.5 Å². The Bertz CT molecular complexity index is 1070. The van der Waals surface area contributed by atoms with Gasteiger partial charge in [-0.05, 0) is 55.2 Å². The summed E-state index contributed by atoms with van der Waals surface area (Å²) >= 11 is 6.72. The fourth-order valence-electron chi connectivity index (χ4n) is 3.43. The lowest BCUT2D eigenvalue weighted by molar-refractivity contribution is -0.122. The molecule has 0 saturated carbocycles. The summed E-state index contributed by atoms with van der Waals surface area (Å²) in [6.07, 6.45) is 6.35. The Hall–Kier alpha value is -2.97. The minimum absolute atomic E-state index is 0.0562. The van der Waals surface area contributed by atoms with Gasteiger partial charge in [-0.3, -0.25) is 14.5 Å². The number of thioether (sulfide) groups is 1. The molecule has 1 saturated heterocycles. The summed E-state index contributed by atoms with van der Waals surface area (Å²) in [6.45, 7) is 3.00. The second kappa shape index (κ2) is 13.8. The molecule has 0 unspecified atom stereocenters. The molecule has 0 atom stereocenters. The highest BCUT2D eigenvalue weighted by molar-refractivity contribution is 8.26. The van der Waals surface area contributed by atoms with Crippen molar-refractivity contribution in [3.63, 3.8) is 0 Å². The quantitative estimate of drug-likeness (QED) is 0.162. The number of carbonyl (C=O) groups is 3. The number of rotatable bonds is 12. The van der Waals surface area contributed by atoms with E-state index in [9.17, 15) is 14.4 Å². The number of hydrogen-bond donors (Lipinski definition) is 1. The van der Waals surface area contributed by atoms with Gasteiger partial charge in [-0.2, -0.15) is 0 Å². The first-order valence-corrected chi connectivity index (χ1v) is 13.1. The van der Waals surface area contributed by atoms with E-state index in [2.05, 4.69) is 5.32 Å². The summed E-state index contributed by atoms with van der Waals surface area (Å²) < 4.78 is 5.76. The second-order valence-corrected chi connectivity index (χ2v) is 9.85. The summed E-state index contributed by atoms with van der Waals surface area (Å²) in [5, 5.41) is 2.85. The molecule has 0 aliphatic carbocycles. The van der Waals surface area contributed by atoms with Crippen molar-refractivity contribution >= 4 is 57.8 Å². The van der Waals surface area contributed by atoms with E-state index in [1.165, 1.54) is 11.8 Å². The summed E-state index contributed by atoms with van der Waals surface area (Å²) in [5.74, 6) is -0.493. The van der Waals surface area contributed by atoms with Gasteiger partial charge >= 0.3 is 5.97 Å². The van der Waals surface area contributed by atoms with E-state index < -0.39 is 0 Å². The Balaban J connectivity index is 1.35. The van der Waals surface area contributed by atoms with E-state index in [-0.39, 0.29) is 17.8 Å². The van der Waals surface area contributed by atoms with Gasteiger partial charge in [0.25, 0.3) is 5.91 Å². The molecule has 1 fully saturated rings. The van der Waals surface area contributed by atoms with Crippen molar-refractivity contribution in [1.82, 2.24) is 4.90 Å².